The van der Waals surface area contributed by atoms with Gasteiger partial charge in [0.25, 0.3) is 0 Å². The molecule has 1 aromatic heterocycles. The van der Waals surface area contributed by atoms with Crippen LogP contribution in [0.25, 0.3) is 0 Å². The molecule has 3 aromatic rings. The molecule has 3 rings (SSSR count). The number of nitrogens with zero attached hydrogens (tertiary/aromatic N) is 2. The monoisotopic (exact) mass is 546 g/mol. The maximum Gasteiger partial charge on any atom is 0.191 e. The molecule has 0 aliphatic carbocycles. The van der Waals surface area contributed by atoms with E-state index in [0.29, 0.717) is 13.2 Å². The van der Waals surface area contributed by atoms with E-state index in [9.17, 15) is 0 Å². The molecule has 1 heterocycles. The minimum atomic E-state index is 0. The number of ether oxygens (including phenoxy) is 2. The van der Waals surface area contributed by atoms with E-state index in [1.807, 2.05) is 54.6 Å². The molecule has 0 bridgehead atoms. The van der Waals surface area contributed by atoms with Gasteiger partial charge in [0, 0.05) is 19.3 Å². The number of hydrogen-bond acceptors (Lipinski definition) is 4. The van der Waals surface area contributed by atoms with Gasteiger partial charge in [-0.05, 0) is 54.8 Å². The Morgan fingerprint density at radius 1 is 1.00 bits per heavy atom. The highest BCUT2D eigenvalue weighted by Gasteiger charge is 2.03. The second kappa shape index (κ2) is 14.3. The van der Waals surface area contributed by atoms with Crippen molar-refractivity contribution in [1.29, 1.82) is 0 Å². The van der Waals surface area contributed by atoms with Crippen LogP contribution in [0, 0.1) is 0 Å². The quantitative estimate of drug-likeness (QED) is 0.221. The number of aliphatic imine (C=N–C) groups is 1. The molecule has 0 radical (unpaired) electrons. The van der Waals surface area contributed by atoms with Crippen molar-refractivity contribution in [2.24, 2.45) is 4.99 Å². The number of rotatable bonds is 10. The van der Waals surface area contributed by atoms with Gasteiger partial charge in [0.05, 0.1) is 19.3 Å². The van der Waals surface area contributed by atoms with E-state index in [2.05, 4.69) is 34.7 Å². The van der Waals surface area contributed by atoms with E-state index in [1.54, 1.807) is 13.3 Å². The zero-order valence-electron chi connectivity index (χ0n) is 18.6. The van der Waals surface area contributed by atoms with Crippen LogP contribution >= 0.6 is 24.0 Å². The lowest BCUT2D eigenvalue weighted by Crippen LogP contribution is -2.38. The van der Waals surface area contributed by atoms with Gasteiger partial charge in [0.2, 0.25) is 0 Å². The smallest absolute Gasteiger partial charge is 0.191 e. The minimum absolute atomic E-state index is 0. The number of halogens is 1. The van der Waals surface area contributed by atoms with E-state index in [4.69, 9.17) is 14.5 Å². The van der Waals surface area contributed by atoms with E-state index in [-0.39, 0.29) is 24.0 Å². The van der Waals surface area contributed by atoms with E-state index in [0.717, 1.165) is 48.2 Å². The summed E-state index contributed by atoms with van der Waals surface area (Å²) in [6, 6.07) is 21.9. The van der Waals surface area contributed by atoms with Gasteiger partial charge < -0.3 is 20.1 Å². The number of hydrogen-bond donors (Lipinski definition) is 2. The molecule has 7 heteroatoms. The zero-order chi connectivity index (χ0) is 21.7. The number of pyridine rings is 1. The third-order valence-electron chi connectivity index (χ3n) is 4.65. The lowest BCUT2D eigenvalue weighted by atomic mass is 10.1. The molecular weight excluding hydrogens is 515 g/mol. The number of methoxy groups -OCH3 is 1. The average molecular weight is 546 g/mol. The summed E-state index contributed by atoms with van der Waals surface area (Å²) >= 11 is 0. The first-order chi connectivity index (χ1) is 15.3. The molecule has 2 N–H and O–H groups in total. The van der Waals surface area contributed by atoms with Gasteiger partial charge in [0.1, 0.15) is 18.1 Å². The van der Waals surface area contributed by atoms with Crippen molar-refractivity contribution in [3.8, 4) is 11.5 Å². The molecule has 170 valence electrons. The number of para-hydroxylation sites is 1. The summed E-state index contributed by atoms with van der Waals surface area (Å²) in [7, 11) is 1.70. The Kier molecular flexibility index (Phi) is 11.4. The summed E-state index contributed by atoms with van der Waals surface area (Å²) < 4.78 is 11.3. The van der Waals surface area contributed by atoms with Crippen molar-refractivity contribution in [2.45, 2.75) is 26.5 Å². The lowest BCUT2D eigenvalue weighted by molar-refractivity contribution is 0.301. The highest BCUT2D eigenvalue weighted by atomic mass is 127. The molecule has 32 heavy (non-hydrogen) atoms. The largest absolute Gasteiger partial charge is 0.496 e. The van der Waals surface area contributed by atoms with E-state index >= 15 is 0 Å². The Labute approximate surface area is 207 Å². The summed E-state index contributed by atoms with van der Waals surface area (Å²) in [4.78, 5) is 9.00. The van der Waals surface area contributed by atoms with E-state index in [1.165, 1.54) is 5.56 Å². The third-order valence-corrected chi connectivity index (χ3v) is 4.65. The van der Waals surface area contributed by atoms with Crippen LogP contribution in [0.3, 0.4) is 0 Å². The van der Waals surface area contributed by atoms with Crippen molar-refractivity contribution >= 4 is 29.9 Å². The molecule has 0 amide bonds. The molecule has 2 aromatic carbocycles. The second-order valence-electron chi connectivity index (χ2n) is 6.94. The van der Waals surface area contributed by atoms with Crippen molar-refractivity contribution < 1.29 is 9.47 Å². The molecule has 0 aliphatic rings. The van der Waals surface area contributed by atoms with Gasteiger partial charge in [-0.15, -0.1) is 24.0 Å². The van der Waals surface area contributed by atoms with Gasteiger partial charge in [-0.2, -0.15) is 0 Å². The number of aromatic nitrogens is 1. The number of benzene rings is 2. The SMILES string of the molecule is CCNC(=NCc1cccc(OCc2ccccn2)c1)NCCc1ccccc1OC.I. The first kappa shape index (κ1) is 25.5. The third kappa shape index (κ3) is 8.37. The van der Waals surface area contributed by atoms with Crippen LogP contribution in [-0.2, 0) is 19.6 Å². The molecule has 0 spiro atoms. The summed E-state index contributed by atoms with van der Waals surface area (Å²) in [5.41, 5.74) is 3.16. The van der Waals surface area contributed by atoms with Crippen LogP contribution in [0.5, 0.6) is 11.5 Å². The molecule has 0 atom stereocenters. The van der Waals surface area contributed by atoms with Gasteiger partial charge in [0.15, 0.2) is 5.96 Å². The standard InChI is InChI=1S/C25H30N4O2.HI/c1-3-26-25(28-16-14-21-10-4-5-13-24(21)30-2)29-18-20-9-8-12-23(17-20)31-19-22-11-6-7-15-27-22;/h4-13,15,17H,3,14,16,18-19H2,1-2H3,(H2,26,28,29);1H. The number of guanidine groups is 1. The van der Waals surface area contributed by atoms with Crippen LogP contribution in [0.15, 0.2) is 77.9 Å². The highest BCUT2D eigenvalue weighted by molar-refractivity contribution is 14.0. The normalized spacial score (nSPS) is 10.8. The Morgan fingerprint density at radius 2 is 1.84 bits per heavy atom. The molecule has 0 saturated heterocycles. The topological polar surface area (TPSA) is 67.8 Å². The van der Waals surface area contributed by atoms with Gasteiger partial charge in [-0.25, -0.2) is 4.99 Å². The minimum Gasteiger partial charge on any atom is -0.496 e. The summed E-state index contributed by atoms with van der Waals surface area (Å²) in [6.07, 6.45) is 2.62. The fourth-order valence-electron chi connectivity index (χ4n) is 3.11. The average Bonchev–Trinajstić information content (AvgIpc) is 2.82. The Bertz CT molecular complexity index is 967. The molecule has 6 nitrogen and oxygen atoms in total. The van der Waals surface area contributed by atoms with Crippen molar-refractivity contribution in [1.82, 2.24) is 15.6 Å². The lowest BCUT2D eigenvalue weighted by Gasteiger charge is -2.13. The predicted octanol–water partition coefficient (Wildman–Crippen LogP) is 4.59. The summed E-state index contributed by atoms with van der Waals surface area (Å²) in [6.45, 7) is 4.63. The Hall–Kier alpha value is -2.81. The van der Waals surface area contributed by atoms with Crippen molar-refractivity contribution in [3.63, 3.8) is 0 Å². The zero-order valence-corrected chi connectivity index (χ0v) is 20.9. The fraction of sp³-hybridized carbons (Fsp3) is 0.280. The Balaban J connectivity index is 0.00000363. The van der Waals surface area contributed by atoms with Crippen LogP contribution in [-0.4, -0.2) is 31.1 Å². The second-order valence-corrected chi connectivity index (χ2v) is 6.94. The first-order valence-corrected chi connectivity index (χ1v) is 10.5. The maximum atomic E-state index is 5.87. The van der Waals surface area contributed by atoms with Crippen molar-refractivity contribution in [2.75, 3.05) is 20.2 Å². The summed E-state index contributed by atoms with van der Waals surface area (Å²) in [5.74, 6) is 2.51. The van der Waals surface area contributed by atoms with E-state index < -0.39 is 0 Å². The number of nitrogens with one attached hydrogen (secondary N) is 2. The van der Waals surface area contributed by atoms with Gasteiger partial charge in [-0.3, -0.25) is 4.98 Å². The van der Waals surface area contributed by atoms with Crippen LogP contribution in [0.2, 0.25) is 0 Å². The molecule has 0 aliphatic heterocycles. The van der Waals surface area contributed by atoms with Crippen LogP contribution in [0.1, 0.15) is 23.7 Å². The van der Waals surface area contributed by atoms with Gasteiger partial charge in [-0.1, -0.05) is 36.4 Å². The Morgan fingerprint density at radius 3 is 2.62 bits per heavy atom. The highest BCUT2D eigenvalue weighted by Crippen LogP contribution is 2.17. The first-order valence-electron chi connectivity index (χ1n) is 10.5. The molecule has 0 saturated carbocycles. The molecule has 0 fully saturated rings. The fourth-order valence-corrected chi connectivity index (χ4v) is 3.11. The predicted molar refractivity (Wildman–Crippen MR) is 140 cm³/mol. The molecular formula is C25H31IN4O2. The van der Waals surface area contributed by atoms with Crippen molar-refractivity contribution in [3.05, 3.63) is 89.7 Å². The molecule has 0 unspecified atom stereocenters. The van der Waals surface area contributed by atoms with Crippen LogP contribution in [0.4, 0.5) is 0 Å². The maximum absolute atomic E-state index is 5.87. The summed E-state index contributed by atoms with van der Waals surface area (Å²) in [5, 5.41) is 6.69. The van der Waals surface area contributed by atoms with Crippen LogP contribution < -0.4 is 20.1 Å². The van der Waals surface area contributed by atoms with Gasteiger partial charge >= 0.3 is 0 Å².